The van der Waals surface area contributed by atoms with E-state index in [0.717, 1.165) is 49.6 Å². The number of carbonyl (C=O) groups excluding carboxylic acids is 1. The molecule has 7 heteroatoms. The van der Waals surface area contributed by atoms with Crippen LogP contribution < -0.4 is 9.75 Å². The molecule has 0 saturated carbocycles. The average molecular weight is 453 g/mol. The highest BCUT2D eigenvalue weighted by Gasteiger charge is 2.35. The minimum Gasteiger partial charge on any atom is -0.494 e. The van der Waals surface area contributed by atoms with Crippen LogP contribution in [-0.2, 0) is 0 Å². The molecule has 2 aromatic carbocycles. The third-order valence-electron chi connectivity index (χ3n) is 6.51. The Morgan fingerprint density at radius 1 is 1.06 bits per heavy atom. The number of hydrazone groups is 1. The zero-order chi connectivity index (χ0) is 23.8. The van der Waals surface area contributed by atoms with E-state index in [1.165, 1.54) is 13.2 Å². The number of piperazine rings is 1. The lowest BCUT2D eigenvalue weighted by Crippen LogP contribution is -2.47. The molecule has 2 aromatic rings. The van der Waals surface area contributed by atoms with Crippen LogP contribution in [0.4, 0.5) is 10.1 Å². The van der Waals surface area contributed by atoms with E-state index >= 15 is 0 Å². The molecule has 4 rings (SSSR count). The summed E-state index contributed by atoms with van der Waals surface area (Å²) in [5, 5.41) is 6.94. The second kappa shape index (κ2) is 9.14. The van der Waals surface area contributed by atoms with Gasteiger partial charge >= 0.3 is 0 Å². The summed E-state index contributed by atoms with van der Waals surface area (Å²) in [6, 6.07) is 12.6. The molecule has 176 valence electrons. The van der Waals surface area contributed by atoms with Crippen molar-refractivity contribution in [2.75, 3.05) is 45.3 Å². The van der Waals surface area contributed by atoms with Crippen LogP contribution in [0.3, 0.4) is 0 Å². The van der Waals surface area contributed by atoms with Crippen molar-refractivity contribution in [1.82, 2.24) is 9.80 Å². The number of anilines is 1. The number of likely N-dealkylation sites (N-methyl/N-ethyl adjacent to an activating group) is 1. The highest BCUT2D eigenvalue weighted by atomic mass is 19.1. The number of hydrogen-bond donors (Lipinski definition) is 0. The van der Waals surface area contributed by atoms with Gasteiger partial charge in [-0.1, -0.05) is 26.8 Å². The van der Waals surface area contributed by atoms with Gasteiger partial charge < -0.3 is 14.5 Å². The Morgan fingerprint density at radius 3 is 2.33 bits per heavy atom. The zero-order valence-corrected chi connectivity index (χ0v) is 20.1. The molecular weight excluding hydrogens is 419 g/mol. The van der Waals surface area contributed by atoms with Gasteiger partial charge in [0.25, 0.3) is 5.91 Å². The van der Waals surface area contributed by atoms with Crippen molar-refractivity contribution in [2.24, 2.45) is 10.5 Å². The maximum Gasteiger partial charge on any atom is 0.253 e. The summed E-state index contributed by atoms with van der Waals surface area (Å²) in [4.78, 5) is 17.1. The van der Waals surface area contributed by atoms with Gasteiger partial charge in [0.1, 0.15) is 0 Å². The molecule has 1 fully saturated rings. The molecule has 0 aromatic heterocycles. The van der Waals surface area contributed by atoms with E-state index in [9.17, 15) is 9.18 Å². The van der Waals surface area contributed by atoms with Crippen LogP contribution in [0, 0.1) is 11.2 Å². The first-order valence-electron chi connectivity index (χ1n) is 11.5. The minimum absolute atomic E-state index is 0.0646. The maximum absolute atomic E-state index is 14.0. The molecule has 1 amide bonds. The van der Waals surface area contributed by atoms with Crippen LogP contribution in [0.2, 0.25) is 0 Å². The number of ether oxygens (including phenoxy) is 1. The number of rotatable bonds is 4. The normalized spacial score (nSPS) is 19.6. The second-order valence-electron chi connectivity index (χ2n) is 9.90. The lowest BCUT2D eigenvalue weighted by atomic mass is 9.86. The van der Waals surface area contributed by atoms with E-state index in [4.69, 9.17) is 9.84 Å². The summed E-state index contributed by atoms with van der Waals surface area (Å²) in [5.41, 5.74) is 3.51. The van der Waals surface area contributed by atoms with Crippen LogP contribution in [0.1, 0.15) is 49.2 Å². The molecular formula is C26H33FN4O2. The summed E-state index contributed by atoms with van der Waals surface area (Å²) < 4.78 is 19.2. The number of halogens is 1. The first-order chi connectivity index (χ1) is 15.7. The summed E-state index contributed by atoms with van der Waals surface area (Å²) in [6.07, 6.45) is 0.736. The summed E-state index contributed by atoms with van der Waals surface area (Å²) >= 11 is 0. The number of nitrogens with zero attached hydrogens (tertiary/aromatic N) is 4. The molecule has 0 N–H and O–H groups in total. The fourth-order valence-electron chi connectivity index (χ4n) is 4.30. The molecule has 33 heavy (non-hydrogen) atoms. The predicted molar refractivity (Wildman–Crippen MR) is 130 cm³/mol. The van der Waals surface area contributed by atoms with Gasteiger partial charge in [-0.3, -0.25) is 9.80 Å². The SMILES string of the molecule is COc1cc(C2CC(C(C)(C)C)=NN2c2ccc(C(=O)N3CCN(C)CC3)cc2)ccc1F. The van der Waals surface area contributed by atoms with Gasteiger partial charge in [0.2, 0.25) is 0 Å². The summed E-state index contributed by atoms with van der Waals surface area (Å²) in [6.45, 7) is 9.73. The van der Waals surface area contributed by atoms with Crippen LogP contribution >= 0.6 is 0 Å². The number of amides is 1. The van der Waals surface area contributed by atoms with Gasteiger partial charge in [-0.15, -0.1) is 0 Å². The highest BCUT2D eigenvalue weighted by molar-refractivity contribution is 5.95. The fourth-order valence-corrected chi connectivity index (χ4v) is 4.30. The first-order valence-corrected chi connectivity index (χ1v) is 11.5. The van der Waals surface area contributed by atoms with Gasteiger partial charge in [-0.2, -0.15) is 5.10 Å². The smallest absolute Gasteiger partial charge is 0.253 e. The Labute approximate surface area is 195 Å². The van der Waals surface area contributed by atoms with Crippen molar-refractivity contribution in [3.63, 3.8) is 0 Å². The van der Waals surface area contributed by atoms with Crippen LogP contribution in [0.15, 0.2) is 47.6 Å². The Kier molecular flexibility index (Phi) is 6.43. The predicted octanol–water partition coefficient (Wildman–Crippen LogP) is 4.58. The Morgan fingerprint density at radius 2 is 1.73 bits per heavy atom. The number of carbonyl (C=O) groups is 1. The molecule has 0 aliphatic carbocycles. The molecule has 0 radical (unpaired) electrons. The largest absolute Gasteiger partial charge is 0.494 e. The van der Waals surface area contributed by atoms with Crippen molar-refractivity contribution in [3.05, 3.63) is 59.4 Å². The zero-order valence-electron chi connectivity index (χ0n) is 20.1. The van der Waals surface area contributed by atoms with E-state index in [1.54, 1.807) is 12.1 Å². The summed E-state index contributed by atoms with van der Waals surface area (Å²) in [7, 11) is 3.55. The van der Waals surface area contributed by atoms with Gasteiger partial charge in [0.05, 0.1) is 18.8 Å². The molecule has 2 aliphatic heterocycles. The number of benzene rings is 2. The molecule has 1 unspecified atom stereocenters. The van der Waals surface area contributed by atoms with E-state index in [-0.39, 0.29) is 28.9 Å². The lowest BCUT2D eigenvalue weighted by molar-refractivity contribution is 0.0664. The topological polar surface area (TPSA) is 48.4 Å². The van der Waals surface area contributed by atoms with E-state index < -0.39 is 0 Å². The second-order valence-corrected chi connectivity index (χ2v) is 9.90. The number of methoxy groups -OCH3 is 1. The van der Waals surface area contributed by atoms with E-state index in [1.807, 2.05) is 34.2 Å². The van der Waals surface area contributed by atoms with Gasteiger partial charge in [0, 0.05) is 49.3 Å². The highest BCUT2D eigenvalue weighted by Crippen LogP contribution is 2.40. The number of hydrogen-bond acceptors (Lipinski definition) is 5. The monoisotopic (exact) mass is 452 g/mol. The van der Waals surface area contributed by atoms with Crippen molar-refractivity contribution < 1.29 is 13.9 Å². The van der Waals surface area contributed by atoms with Crippen molar-refractivity contribution in [2.45, 2.75) is 33.2 Å². The Balaban J connectivity index is 1.61. The molecule has 1 atom stereocenters. The molecule has 0 bridgehead atoms. The van der Waals surface area contributed by atoms with Crippen molar-refractivity contribution >= 4 is 17.3 Å². The first kappa shape index (κ1) is 23.2. The molecule has 2 aliphatic rings. The van der Waals surface area contributed by atoms with Gasteiger partial charge in [-0.05, 0) is 49.0 Å². The standard InChI is InChI=1S/C26H33FN4O2/c1-26(2,3)24-17-22(19-8-11-21(27)23(16-19)33-5)31(28-24)20-9-6-18(7-10-20)25(32)30-14-12-29(4)13-15-30/h6-11,16,22H,12-15,17H2,1-5H3. The fraction of sp³-hybridized carbons (Fsp3) is 0.462. The third kappa shape index (κ3) is 4.88. The molecule has 2 heterocycles. The van der Waals surface area contributed by atoms with E-state index in [0.29, 0.717) is 5.56 Å². The van der Waals surface area contributed by atoms with Crippen LogP contribution in [0.5, 0.6) is 5.75 Å². The Hall–Kier alpha value is -2.93. The minimum atomic E-state index is -0.380. The van der Waals surface area contributed by atoms with Gasteiger partial charge in [0.15, 0.2) is 11.6 Å². The van der Waals surface area contributed by atoms with Crippen molar-refractivity contribution in [3.8, 4) is 5.75 Å². The molecule has 1 saturated heterocycles. The summed E-state index contributed by atoms with van der Waals surface area (Å²) in [5.74, 6) is -0.0888. The van der Waals surface area contributed by atoms with Gasteiger partial charge in [-0.25, -0.2) is 4.39 Å². The van der Waals surface area contributed by atoms with Crippen LogP contribution in [-0.4, -0.2) is 61.8 Å². The molecule has 0 spiro atoms. The third-order valence-corrected chi connectivity index (χ3v) is 6.51. The quantitative estimate of drug-likeness (QED) is 0.682. The molecule has 6 nitrogen and oxygen atoms in total. The van der Waals surface area contributed by atoms with E-state index in [2.05, 4.69) is 32.7 Å². The average Bonchev–Trinajstić information content (AvgIpc) is 3.26. The van der Waals surface area contributed by atoms with Crippen LogP contribution in [0.25, 0.3) is 0 Å². The lowest BCUT2D eigenvalue weighted by Gasteiger charge is -2.32. The van der Waals surface area contributed by atoms with Crippen molar-refractivity contribution in [1.29, 1.82) is 0 Å². The Bertz CT molecular complexity index is 1040. The maximum atomic E-state index is 14.0.